The fraction of sp³-hybridized carbons (Fsp3) is 0.500. The largest absolute Gasteiger partial charge is 0.466 e. The molecule has 1 rings (SSSR count). The number of nitrogens with zero attached hydrogens (tertiary/aromatic N) is 1. The molecule has 0 saturated heterocycles. The lowest BCUT2D eigenvalue weighted by Crippen LogP contribution is -2.42. The highest BCUT2D eigenvalue weighted by Gasteiger charge is 2.24. The Hall–Kier alpha value is -2.90. The molecule has 1 aromatic rings. The summed E-state index contributed by atoms with van der Waals surface area (Å²) < 4.78 is 9.86. The highest BCUT2D eigenvalue weighted by molar-refractivity contribution is 5.98. The monoisotopic (exact) mass is 392 g/mol. The average molecular weight is 392 g/mol. The van der Waals surface area contributed by atoms with Crippen molar-refractivity contribution in [2.45, 2.75) is 46.6 Å². The number of hydrogen-bond acceptors (Lipinski definition) is 6. The molecular weight excluding hydrogens is 364 g/mol. The lowest BCUT2D eigenvalue weighted by Gasteiger charge is -2.20. The number of carbonyl (C=O) groups is 4. The Labute approximate surface area is 165 Å². The van der Waals surface area contributed by atoms with Gasteiger partial charge in [0.15, 0.2) is 0 Å². The van der Waals surface area contributed by atoms with Crippen molar-refractivity contribution in [3.05, 3.63) is 28.8 Å². The molecule has 0 bridgehead atoms. The topological polar surface area (TPSA) is 102 Å². The van der Waals surface area contributed by atoms with Gasteiger partial charge in [0.1, 0.15) is 6.04 Å². The maximum atomic E-state index is 12.7. The fourth-order valence-electron chi connectivity index (χ4n) is 2.92. The van der Waals surface area contributed by atoms with E-state index in [9.17, 15) is 19.2 Å². The third kappa shape index (κ3) is 6.37. The quantitative estimate of drug-likeness (QED) is 0.482. The van der Waals surface area contributed by atoms with Crippen LogP contribution in [0.25, 0.3) is 0 Å². The third-order valence-corrected chi connectivity index (χ3v) is 4.08. The number of hydrogen-bond donors (Lipinski definition) is 1. The third-order valence-electron chi connectivity index (χ3n) is 4.08. The summed E-state index contributed by atoms with van der Waals surface area (Å²) in [6.45, 7) is 7.35. The molecule has 1 aromatic carbocycles. The molecule has 0 saturated carbocycles. The van der Waals surface area contributed by atoms with E-state index in [0.717, 1.165) is 16.8 Å². The number of ether oxygens (including phenoxy) is 2. The van der Waals surface area contributed by atoms with Crippen LogP contribution in [0.15, 0.2) is 12.1 Å². The standard InChI is InChI=1S/C20H28N2O6/c1-6-27-17(24)9-8-16(20(26)28-7-2)21-19(25)15-10-13(3)18(14(4)11-15)22(5)12-23/h10-12,16H,6-9H2,1-5H3,(H,21,25). The normalized spacial score (nSPS) is 11.3. The van der Waals surface area contributed by atoms with Gasteiger partial charge in [-0.05, 0) is 57.4 Å². The van der Waals surface area contributed by atoms with E-state index in [-0.39, 0.29) is 26.1 Å². The summed E-state index contributed by atoms with van der Waals surface area (Å²) in [5.41, 5.74) is 2.57. The van der Waals surface area contributed by atoms with E-state index in [1.165, 1.54) is 4.90 Å². The molecule has 2 amide bonds. The van der Waals surface area contributed by atoms with E-state index in [4.69, 9.17) is 9.47 Å². The van der Waals surface area contributed by atoms with Crippen LogP contribution in [0, 0.1) is 13.8 Å². The van der Waals surface area contributed by atoms with Crippen LogP contribution in [0.4, 0.5) is 5.69 Å². The highest BCUT2D eigenvalue weighted by atomic mass is 16.5. The molecule has 0 aliphatic heterocycles. The summed E-state index contributed by atoms with van der Waals surface area (Å²) in [5, 5.41) is 2.63. The number of amides is 2. The first-order chi connectivity index (χ1) is 13.2. The van der Waals surface area contributed by atoms with Gasteiger partial charge in [-0.2, -0.15) is 0 Å². The van der Waals surface area contributed by atoms with E-state index in [1.54, 1.807) is 46.9 Å². The van der Waals surface area contributed by atoms with Crippen molar-refractivity contribution in [3.63, 3.8) is 0 Å². The lowest BCUT2D eigenvalue weighted by molar-refractivity contribution is -0.146. The van der Waals surface area contributed by atoms with Crippen molar-refractivity contribution in [2.24, 2.45) is 0 Å². The van der Waals surface area contributed by atoms with E-state index in [1.807, 2.05) is 0 Å². The molecule has 0 fully saturated rings. The van der Waals surface area contributed by atoms with Crippen molar-refractivity contribution >= 4 is 29.9 Å². The molecular formula is C20H28N2O6. The van der Waals surface area contributed by atoms with Gasteiger partial charge in [-0.3, -0.25) is 14.4 Å². The van der Waals surface area contributed by atoms with Gasteiger partial charge in [0.2, 0.25) is 6.41 Å². The van der Waals surface area contributed by atoms with Crippen LogP contribution in [0.3, 0.4) is 0 Å². The Bertz CT molecular complexity index is 708. The zero-order chi connectivity index (χ0) is 21.3. The van der Waals surface area contributed by atoms with Crippen molar-refractivity contribution in [1.29, 1.82) is 0 Å². The molecule has 0 spiro atoms. The summed E-state index contributed by atoms with van der Waals surface area (Å²) >= 11 is 0. The molecule has 1 unspecified atom stereocenters. The van der Waals surface area contributed by atoms with Crippen LogP contribution in [-0.4, -0.2) is 50.6 Å². The van der Waals surface area contributed by atoms with Crippen LogP contribution in [-0.2, 0) is 23.9 Å². The van der Waals surface area contributed by atoms with Gasteiger partial charge in [-0.25, -0.2) is 4.79 Å². The molecule has 8 heteroatoms. The molecule has 1 atom stereocenters. The zero-order valence-electron chi connectivity index (χ0n) is 17.0. The molecule has 28 heavy (non-hydrogen) atoms. The van der Waals surface area contributed by atoms with Crippen LogP contribution in [0.1, 0.15) is 48.2 Å². The van der Waals surface area contributed by atoms with Gasteiger partial charge < -0.3 is 19.7 Å². The first-order valence-corrected chi connectivity index (χ1v) is 9.17. The first kappa shape index (κ1) is 23.1. The van der Waals surface area contributed by atoms with E-state index >= 15 is 0 Å². The smallest absolute Gasteiger partial charge is 0.328 e. The summed E-state index contributed by atoms with van der Waals surface area (Å²) in [6.07, 6.45) is 0.757. The summed E-state index contributed by atoms with van der Waals surface area (Å²) in [7, 11) is 1.63. The molecule has 154 valence electrons. The van der Waals surface area contributed by atoms with Crippen molar-refractivity contribution in [3.8, 4) is 0 Å². The molecule has 1 N–H and O–H groups in total. The first-order valence-electron chi connectivity index (χ1n) is 9.17. The van der Waals surface area contributed by atoms with Crippen molar-refractivity contribution in [2.75, 3.05) is 25.2 Å². The van der Waals surface area contributed by atoms with E-state index in [0.29, 0.717) is 12.0 Å². The lowest BCUT2D eigenvalue weighted by atomic mass is 10.0. The van der Waals surface area contributed by atoms with Gasteiger partial charge in [0.25, 0.3) is 5.91 Å². The van der Waals surface area contributed by atoms with Crippen LogP contribution in [0.2, 0.25) is 0 Å². The fourth-order valence-corrected chi connectivity index (χ4v) is 2.92. The van der Waals surface area contributed by atoms with Crippen LogP contribution >= 0.6 is 0 Å². The summed E-state index contributed by atoms with van der Waals surface area (Å²) in [5.74, 6) is -1.52. The Morgan fingerprint density at radius 2 is 1.68 bits per heavy atom. The second-order valence-electron chi connectivity index (χ2n) is 6.30. The minimum Gasteiger partial charge on any atom is -0.466 e. The average Bonchev–Trinajstić information content (AvgIpc) is 2.64. The second-order valence-corrected chi connectivity index (χ2v) is 6.30. The van der Waals surface area contributed by atoms with E-state index < -0.39 is 23.9 Å². The number of aryl methyl sites for hydroxylation is 2. The van der Waals surface area contributed by atoms with Gasteiger partial charge in [0, 0.05) is 24.7 Å². The Kier molecular flexibility index (Phi) is 9.14. The highest BCUT2D eigenvalue weighted by Crippen LogP contribution is 2.25. The Balaban J connectivity index is 2.99. The minimum atomic E-state index is -0.963. The number of esters is 2. The Morgan fingerprint density at radius 3 is 2.18 bits per heavy atom. The number of carbonyl (C=O) groups excluding carboxylic acids is 4. The van der Waals surface area contributed by atoms with Crippen molar-refractivity contribution < 1.29 is 28.7 Å². The Morgan fingerprint density at radius 1 is 1.11 bits per heavy atom. The molecule has 0 aliphatic carbocycles. The molecule has 0 aliphatic rings. The SMILES string of the molecule is CCOC(=O)CCC(NC(=O)c1cc(C)c(N(C)C=O)c(C)c1)C(=O)OCC. The van der Waals surface area contributed by atoms with Crippen molar-refractivity contribution in [1.82, 2.24) is 5.32 Å². The maximum absolute atomic E-state index is 12.7. The van der Waals surface area contributed by atoms with Gasteiger partial charge in [-0.15, -0.1) is 0 Å². The number of rotatable bonds is 10. The van der Waals surface area contributed by atoms with Gasteiger partial charge >= 0.3 is 11.9 Å². The predicted molar refractivity (Wildman–Crippen MR) is 104 cm³/mol. The summed E-state index contributed by atoms with van der Waals surface area (Å²) in [6, 6.07) is 2.32. The second kappa shape index (κ2) is 11.1. The predicted octanol–water partition coefficient (Wildman–Crippen LogP) is 1.90. The minimum absolute atomic E-state index is 0.0152. The maximum Gasteiger partial charge on any atom is 0.328 e. The summed E-state index contributed by atoms with van der Waals surface area (Å²) in [4.78, 5) is 48.9. The number of benzene rings is 1. The molecule has 8 nitrogen and oxygen atoms in total. The van der Waals surface area contributed by atoms with Crippen LogP contribution in [0.5, 0.6) is 0 Å². The zero-order valence-corrected chi connectivity index (χ0v) is 17.0. The molecule has 0 aromatic heterocycles. The van der Waals surface area contributed by atoms with Gasteiger partial charge in [0.05, 0.1) is 13.2 Å². The number of anilines is 1. The molecule has 0 radical (unpaired) electrons. The number of nitrogens with one attached hydrogen (secondary N) is 1. The van der Waals surface area contributed by atoms with Gasteiger partial charge in [-0.1, -0.05) is 0 Å². The molecule has 0 heterocycles. The van der Waals surface area contributed by atoms with E-state index in [2.05, 4.69) is 5.32 Å². The van der Waals surface area contributed by atoms with Crippen LogP contribution < -0.4 is 10.2 Å².